The smallest absolute Gasteiger partial charge is 0.154 e. The van der Waals surface area contributed by atoms with E-state index in [2.05, 4.69) is 5.10 Å². The topological polar surface area (TPSA) is 60.9 Å². The Hall–Kier alpha value is -1.16. The van der Waals surface area contributed by atoms with Crippen molar-refractivity contribution < 1.29 is 4.79 Å². The third-order valence-electron chi connectivity index (χ3n) is 3.40. The zero-order chi connectivity index (χ0) is 11.5. The highest BCUT2D eigenvalue weighted by molar-refractivity contribution is 5.85. The van der Waals surface area contributed by atoms with Crippen molar-refractivity contribution >= 4 is 5.78 Å². The van der Waals surface area contributed by atoms with Crippen LogP contribution in [-0.2, 0) is 11.8 Å². The number of hydrogen-bond acceptors (Lipinski definition) is 3. The van der Waals surface area contributed by atoms with Gasteiger partial charge in [-0.15, -0.1) is 0 Å². The van der Waals surface area contributed by atoms with Crippen LogP contribution in [0.2, 0.25) is 0 Å². The molecule has 4 heteroatoms. The summed E-state index contributed by atoms with van der Waals surface area (Å²) >= 11 is 0. The van der Waals surface area contributed by atoms with Crippen molar-refractivity contribution in [1.82, 2.24) is 9.78 Å². The fraction of sp³-hybridized carbons (Fsp3) is 0.667. The zero-order valence-corrected chi connectivity index (χ0v) is 9.72. The highest BCUT2D eigenvalue weighted by Gasteiger charge is 2.23. The van der Waals surface area contributed by atoms with Crippen molar-refractivity contribution in [2.75, 3.05) is 0 Å². The van der Waals surface area contributed by atoms with E-state index in [1.165, 1.54) is 25.7 Å². The minimum absolute atomic E-state index is 0.153. The Balaban J connectivity index is 1.93. The maximum absolute atomic E-state index is 11.9. The molecule has 1 unspecified atom stereocenters. The van der Waals surface area contributed by atoms with Crippen molar-refractivity contribution in [3.63, 3.8) is 0 Å². The number of aryl methyl sites for hydroxylation is 1. The number of carbonyl (C=O) groups excluding carboxylic acids is 1. The van der Waals surface area contributed by atoms with E-state index in [9.17, 15) is 4.79 Å². The number of nitrogens with two attached hydrogens (primary N) is 1. The van der Waals surface area contributed by atoms with Gasteiger partial charge in [0.15, 0.2) is 5.78 Å². The summed E-state index contributed by atoms with van der Waals surface area (Å²) < 4.78 is 1.68. The first-order chi connectivity index (χ1) is 7.66. The van der Waals surface area contributed by atoms with Gasteiger partial charge in [-0.3, -0.25) is 9.48 Å². The molecule has 0 radical (unpaired) electrons. The van der Waals surface area contributed by atoms with Gasteiger partial charge in [0.05, 0.1) is 12.2 Å². The van der Waals surface area contributed by atoms with Gasteiger partial charge in [0, 0.05) is 25.2 Å². The summed E-state index contributed by atoms with van der Waals surface area (Å²) in [5.74, 6) is 0.718. The van der Waals surface area contributed by atoms with E-state index in [0.717, 1.165) is 5.56 Å². The molecule has 1 fully saturated rings. The minimum atomic E-state index is -0.491. The van der Waals surface area contributed by atoms with Crippen LogP contribution in [0.15, 0.2) is 12.4 Å². The lowest BCUT2D eigenvalue weighted by Crippen LogP contribution is -2.22. The second-order valence-electron chi connectivity index (χ2n) is 4.75. The molecule has 16 heavy (non-hydrogen) atoms. The SMILES string of the molecule is Cn1cc(C(N)C(=O)CC2CCCC2)cn1. The molecule has 1 aromatic rings. The molecule has 0 bridgehead atoms. The van der Waals surface area contributed by atoms with E-state index in [1.54, 1.807) is 10.9 Å². The molecule has 0 amide bonds. The Morgan fingerprint density at radius 1 is 1.62 bits per heavy atom. The molecule has 1 aliphatic carbocycles. The van der Waals surface area contributed by atoms with Crippen molar-refractivity contribution in [3.05, 3.63) is 18.0 Å². The lowest BCUT2D eigenvalue weighted by Gasteiger charge is -2.12. The highest BCUT2D eigenvalue weighted by atomic mass is 16.1. The van der Waals surface area contributed by atoms with E-state index in [0.29, 0.717) is 12.3 Å². The van der Waals surface area contributed by atoms with Crippen LogP contribution < -0.4 is 5.73 Å². The second-order valence-corrected chi connectivity index (χ2v) is 4.75. The lowest BCUT2D eigenvalue weighted by molar-refractivity contribution is -0.121. The van der Waals surface area contributed by atoms with E-state index >= 15 is 0 Å². The summed E-state index contributed by atoms with van der Waals surface area (Å²) in [6.45, 7) is 0. The number of hydrogen-bond donors (Lipinski definition) is 1. The molecule has 0 spiro atoms. The fourth-order valence-corrected chi connectivity index (χ4v) is 2.41. The van der Waals surface area contributed by atoms with Gasteiger partial charge in [-0.2, -0.15) is 5.10 Å². The predicted octanol–water partition coefficient (Wildman–Crippen LogP) is 1.57. The van der Waals surface area contributed by atoms with Crippen LogP contribution in [0.1, 0.15) is 43.7 Å². The molecule has 2 N–H and O–H groups in total. The minimum Gasteiger partial charge on any atom is -0.318 e. The number of Topliss-reactive ketones (excluding diaryl/α,β-unsaturated/α-hetero) is 1. The molecule has 0 aromatic carbocycles. The number of rotatable bonds is 4. The summed E-state index contributed by atoms with van der Waals surface area (Å²) in [5.41, 5.74) is 6.75. The highest BCUT2D eigenvalue weighted by Crippen LogP contribution is 2.29. The number of nitrogens with zero attached hydrogens (tertiary/aromatic N) is 2. The summed E-state index contributed by atoms with van der Waals surface area (Å²) in [6, 6.07) is -0.491. The fourth-order valence-electron chi connectivity index (χ4n) is 2.41. The summed E-state index contributed by atoms with van der Waals surface area (Å²) in [7, 11) is 1.83. The summed E-state index contributed by atoms with van der Waals surface area (Å²) in [5, 5.41) is 4.04. The Labute approximate surface area is 95.8 Å². The Kier molecular flexibility index (Phi) is 3.39. The first-order valence-electron chi connectivity index (χ1n) is 5.93. The molecule has 0 aliphatic heterocycles. The molecule has 1 atom stereocenters. The largest absolute Gasteiger partial charge is 0.318 e. The average molecular weight is 221 g/mol. The molecule has 2 rings (SSSR count). The van der Waals surface area contributed by atoms with E-state index in [-0.39, 0.29) is 5.78 Å². The summed E-state index contributed by atoms with van der Waals surface area (Å²) in [4.78, 5) is 11.9. The van der Waals surface area contributed by atoms with Crippen LogP contribution in [0, 0.1) is 5.92 Å². The van der Waals surface area contributed by atoms with Gasteiger partial charge in [0.1, 0.15) is 0 Å². The molecule has 1 aromatic heterocycles. The van der Waals surface area contributed by atoms with Crippen LogP contribution in [0.4, 0.5) is 0 Å². The van der Waals surface area contributed by atoms with Gasteiger partial charge in [-0.05, 0) is 5.92 Å². The van der Waals surface area contributed by atoms with E-state index < -0.39 is 6.04 Å². The Morgan fingerprint density at radius 2 is 2.31 bits per heavy atom. The average Bonchev–Trinajstić information content (AvgIpc) is 2.88. The second kappa shape index (κ2) is 4.78. The van der Waals surface area contributed by atoms with Gasteiger partial charge in [0.25, 0.3) is 0 Å². The molecular formula is C12H19N3O. The predicted molar refractivity (Wildman–Crippen MR) is 61.7 cm³/mol. The molecule has 1 aliphatic rings. The maximum Gasteiger partial charge on any atom is 0.154 e. The van der Waals surface area contributed by atoms with E-state index in [4.69, 9.17) is 5.73 Å². The van der Waals surface area contributed by atoms with Crippen molar-refractivity contribution in [2.45, 2.75) is 38.1 Å². The van der Waals surface area contributed by atoms with Gasteiger partial charge >= 0.3 is 0 Å². The van der Waals surface area contributed by atoms with Crippen LogP contribution in [0.5, 0.6) is 0 Å². The normalized spacial score (nSPS) is 18.9. The third-order valence-corrected chi connectivity index (χ3v) is 3.40. The quantitative estimate of drug-likeness (QED) is 0.839. The standard InChI is InChI=1S/C12H19N3O/c1-15-8-10(7-14-15)12(13)11(16)6-9-4-2-3-5-9/h7-9,12H,2-6,13H2,1H3. The van der Waals surface area contributed by atoms with Crippen LogP contribution >= 0.6 is 0 Å². The Morgan fingerprint density at radius 3 is 2.88 bits per heavy atom. The van der Waals surface area contributed by atoms with Crippen LogP contribution in [0.3, 0.4) is 0 Å². The molecule has 4 nitrogen and oxygen atoms in total. The Bertz CT molecular complexity index is 366. The van der Waals surface area contributed by atoms with Gasteiger partial charge in [0.2, 0.25) is 0 Å². The maximum atomic E-state index is 11.9. The third kappa shape index (κ3) is 2.50. The van der Waals surface area contributed by atoms with Crippen molar-refractivity contribution in [2.24, 2.45) is 18.7 Å². The van der Waals surface area contributed by atoms with Gasteiger partial charge in [-0.25, -0.2) is 0 Å². The summed E-state index contributed by atoms with van der Waals surface area (Å²) in [6.07, 6.45) is 9.03. The molecule has 1 saturated carbocycles. The first-order valence-corrected chi connectivity index (χ1v) is 5.93. The monoisotopic (exact) mass is 221 g/mol. The molecule has 0 saturated heterocycles. The van der Waals surface area contributed by atoms with Crippen LogP contribution in [0.25, 0.3) is 0 Å². The first kappa shape index (κ1) is 11.3. The number of ketones is 1. The van der Waals surface area contributed by atoms with Gasteiger partial charge in [-0.1, -0.05) is 25.7 Å². The van der Waals surface area contributed by atoms with Crippen molar-refractivity contribution in [3.8, 4) is 0 Å². The molecule has 1 heterocycles. The zero-order valence-electron chi connectivity index (χ0n) is 9.72. The number of carbonyl (C=O) groups is 1. The lowest BCUT2D eigenvalue weighted by atomic mass is 9.95. The molecular weight excluding hydrogens is 202 g/mol. The molecule has 88 valence electrons. The number of aromatic nitrogens is 2. The van der Waals surface area contributed by atoms with Crippen molar-refractivity contribution in [1.29, 1.82) is 0 Å². The van der Waals surface area contributed by atoms with Crippen LogP contribution in [-0.4, -0.2) is 15.6 Å². The van der Waals surface area contributed by atoms with E-state index in [1.807, 2.05) is 13.2 Å². The van der Waals surface area contributed by atoms with Gasteiger partial charge < -0.3 is 5.73 Å².